The minimum Gasteiger partial charge on any atom is -0.321 e. The molecule has 0 saturated heterocycles. The molecule has 100 valence electrons. The van der Waals surface area contributed by atoms with E-state index >= 15 is 0 Å². The second-order valence-corrected chi connectivity index (χ2v) is 6.44. The molecular weight excluding hydrogens is 298 g/mol. The van der Waals surface area contributed by atoms with Crippen molar-refractivity contribution in [1.82, 2.24) is 0 Å². The van der Waals surface area contributed by atoms with Crippen molar-refractivity contribution in [2.75, 3.05) is 0 Å². The number of halogens is 1. The highest BCUT2D eigenvalue weighted by Crippen LogP contribution is 2.25. The highest BCUT2D eigenvalue weighted by molar-refractivity contribution is 9.10. The van der Waals surface area contributed by atoms with E-state index in [1.807, 2.05) is 0 Å². The van der Waals surface area contributed by atoms with E-state index in [0.29, 0.717) is 0 Å². The van der Waals surface area contributed by atoms with E-state index in [4.69, 9.17) is 5.73 Å². The van der Waals surface area contributed by atoms with Gasteiger partial charge < -0.3 is 5.73 Å². The second kappa shape index (κ2) is 5.48. The van der Waals surface area contributed by atoms with Gasteiger partial charge in [0.1, 0.15) is 0 Å². The number of benzene rings is 2. The van der Waals surface area contributed by atoms with Crippen LogP contribution in [-0.2, 0) is 12.0 Å². The maximum Gasteiger partial charge on any atom is 0.0421 e. The second-order valence-electron chi connectivity index (χ2n) is 5.52. The summed E-state index contributed by atoms with van der Waals surface area (Å²) in [6, 6.07) is 14.9. The van der Waals surface area contributed by atoms with Gasteiger partial charge in [-0.15, -0.1) is 0 Å². The van der Waals surface area contributed by atoms with E-state index in [1.165, 1.54) is 22.3 Å². The molecule has 0 bridgehead atoms. The van der Waals surface area contributed by atoms with Crippen molar-refractivity contribution < 1.29 is 0 Å². The molecule has 2 aromatic carbocycles. The molecule has 0 aliphatic rings. The lowest BCUT2D eigenvalue weighted by molar-refractivity contribution is 0.491. The fourth-order valence-corrected chi connectivity index (χ4v) is 2.49. The molecule has 1 unspecified atom stereocenters. The first-order valence-electron chi connectivity index (χ1n) is 6.49. The zero-order valence-corrected chi connectivity index (χ0v) is 13.3. The normalized spacial score (nSPS) is 14.2. The van der Waals surface area contributed by atoms with E-state index in [9.17, 15) is 0 Å². The molecule has 1 atom stereocenters. The van der Waals surface area contributed by atoms with E-state index in [1.54, 1.807) is 0 Å². The van der Waals surface area contributed by atoms with Crippen molar-refractivity contribution in [3.05, 3.63) is 69.2 Å². The fraction of sp³-hybridized carbons (Fsp3) is 0.294. The summed E-state index contributed by atoms with van der Waals surface area (Å²) < 4.78 is 1.10. The smallest absolute Gasteiger partial charge is 0.0421 e. The highest BCUT2D eigenvalue weighted by Gasteiger charge is 2.22. The van der Waals surface area contributed by atoms with Crippen LogP contribution < -0.4 is 5.73 Å². The van der Waals surface area contributed by atoms with E-state index in [2.05, 4.69) is 79.2 Å². The Labute approximate surface area is 124 Å². The number of rotatable bonds is 3. The van der Waals surface area contributed by atoms with Gasteiger partial charge >= 0.3 is 0 Å². The largest absolute Gasteiger partial charge is 0.321 e. The Balaban J connectivity index is 2.26. The highest BCUT2D eigenvalue weighted by atomic mass is 79.9. The lowest BCUT2D eigenvalue weighted by Crippen LogP contribution is -2.35. The Bertz CT molecular complexity index is 570. The van der Waals surface area contributed by atoms with Crippen LogP contribution in [0.1, 0.15) is 29.2 Å². The quantitative estimate of drug-likeness (QED) is 0.887. The van der Waals surface area contributed by atoms with Crippen molar-refractivity contribution in [3.8, 4) is 0 Å². The standard InChI is InChI=1S/C17H20BrN/c1-12-4-7-15(10-13(12)2)17(3,19)11-14-5-8-16(18)9-6-14/h4-10H,11,19H2,1-3H3. The van der Waals surface area contributed by atoms with Gasteiger partial charge in [-0.25, -0.2) is 0 Å². The molecule has 0 spiro atoms. The summed E-state index contributed by atoms with van der Waals surface area (Å²) in [6.45, 7) is 6.36. The number of hydrogen-bond donors (Lipinski definition) is 1. The van der Waals surface area contributed by atoms with E-state index < -0.39 is 0 Å². The zero-order chi connectivity index (χ0) is 14.0. The Morgan fingerprint density at radius 2 is 1.63 bits per heavy atom. The van der Waals surface area contributed by atoms with Crippen LogP contribution in [0.4, 0.5) is 0 Å². The van der Waals surface area contributed by atoms with Gasteiger partial charge in [-0.1, -0.05) is 46.3 Å². The molecule has 0 aliphatic heterocycles. The van der Waals surface area contributed by atoms with Crippen LogP contribution in [-0.4, -0.2) is 0 Å². The lowest BCUT2D eigenvalue weighted by Gasteiger charge is -2.26. The molecule has 1 nitrogen and oxygen atoms in total. The Morgan fingerprint density at radius 3 is 2.21 bits per heavy atom. The van der Waals surface area contributed by atoms with E-state index in [0.717, 1.165) is 10.9 Å². The Hall–Kier alpha value is -1.12. The van der Waals surface area contributed by atoms with Gasteiger partial charge in [-0.3, -0.25) is 0 Å². The first-order chi connectivity index (χ1) is 8.88. The molecule has 2 aromatic rings. The van der Waals surface area contributed by atoms with Gasteiger partial charge in [0.2, 0.25) is 0 Å². The van der Waals surface area contributed by atoms with Gasteiger partial charge in [0.25, 0.3) is 0 Å². The molecule has 2 N–H and O–H groups in total. The number of nitrogens with two attached hydrogens (primary N) is 1. The van der Waals surface area contributed by atoms with Crippen LogP contribution in [0.3, 0.4) is 0 Å². The van der Waals surface area contributed by atoms with Crippen molar-refractivity contribution in [1.29, 1.82) is 0 Å². The van der Waals surface area contributed by atoms with Gasteiger partial charge in [-0.2, -0.15) is 0 Å². The molecular formula is C17H20BrN. The lowest BCUT2D eigenvalue weighted by atomic mass is 9.85. The summed E-state index contributed by atoms with van der Waals surface area (Å²) in [6.07, 6.45) is 0.836. The number of aryl methyl sites for hydroxylation is 2. The van der Waals surface area contributed by atoms with Crippen molar-refractivity contribution >= 4 is 15.9 Å². The zero-order valence-electron chi connectivity index (χ0n) is 11.7. The van der Waals surface area contributed by atoms with E-state index in [-0.39, 0.29) is 5.54 Å². The summed E-state index contributed by atoms with van der Waals surface area (Å²) in [4.78, 5) is 0. The molecule has 0 aromatic heterocycles. The molecule has 0 heterocycles. The monoisotopic (exact) mass is 317 g/mol. The van der Waals surface area contributed by atoms with Crippen LogP contribution in [0.2, 0.25) is 0 Å². The third-order valence-corrected chi connectivity index (χ3v) is 4.18. The Morgan fingerprint density at radius 1 is 1.00 bits per heavy atom. The van der Waals surface area contributed by atoms with Gasteiger partial charge in [0, 0.05) is 10.0 Å². The van der Waals surface area contributed by atoms with Crippen molar-refractivity contribution in [3.63, 3.8) is 0 Å². The molecule has 2 heteroatoms. The maximum atomic E-state index is 6.52. The van der Waals surface area contributed by atoms with Gasteiger partial charge in [0.05, 0.1) is 0 Å². The first kappa shape index (κ1) is 14.3. The van der Waals surface area contributed by atoms with Crippen molar-refractivity contribution in [2.24, 2.45) is 5.73 Å². The Kier molecular flexibility index (Phi) is 4.12. The summed E-state index contributed by atoms with van der Waals surface area (Å²) in [5.41, 5.74) is 11.2. The average molecular weight is 318 g/mol. The molecule has 0 saturated carbocycles. The third kappa shape index (κ3) is 3.46. The predicted octanol–water partition coefficient (Wildman–Crippen LogP) is 4.48. The van der Waals surface area contributed by atoms with Crippen LogP contribution in [0.5, 0.6) is 0 Å². The molecule has 19 heavy (non-hydrogen) atoms. The average Bonchev–Trinajstić information content (AvgIpc) is 2.35. The van der Waals surface area contributed by atoms with Crippen LogP contribution >= 0.6 is 15.9 Å². The number of hydrogen-bond acceptors (Lipinski definition) is 1. The summed E-state index contributed by atoms with van der Waals surface area (Å²) in [5.74, 6) is 0. The summed E-state index contributed by atoms with van der Waals surface area (Å²) in [7, 11) is 0. The van der Waals surface area contributed by atoms with Crippen LogP contribution in [0, 0.1) is 13.8 Å². The topological polar surface area (TPSA) is 26.0 Å². The maximum absolute atomic E-state index is 6.52. The van der Waals surface area contributed by atoms with Gasteiger partial charge in [-0.05, 0) is 61.6 Å². The predicted molar refractivity (Wildman–Crippen MR) is 85.3 cm³/mol. The molecule has 0 amide bonds. The summed E-state index contributed by atoms with van der Waals surface area (Å²) >= 11 is 3.46. The van der Waals surface area contributed by atoms with Crippen LogP contribution in [0.15, 0.2) is 46.9 Å². The SMILES string of the molecule is Cc1ccc(C(C)(N)Cc2ccc(Br)cc2)cc1C. The molecule has 0 fully saturated rings. The van der Waals surface area contributed by atoms with Crippen molar-refractivity contribution in [2.45, 2.75) is 32.7 Å². The minimum atomic E-state index is -0.341. The third-order valence-electron chi connectivity index (χ3n) is 3.65. The van der Waals surface area contributed by atoms with Crippen LogP contribution in [0.25, 0.3) is 0 Å². The minimum absolute atomic E-state index is 0.341. The van der Waals surface area contributed by atoms with Gasteiger partial charge in [0.15, 0.2) is 0 Å². The molecule has 2 rings (SSSR count). The fourth-order valence-electron chi connectivity index (χ4n) is 2.23. The summed E-state index contributed by atoms with van der Waals surface area (Å²) in [5, 5.41) is 0. The first-order valence-corrected chi connectivity index (χ1v) is 7.29. The molecule has 0 radical (unpaired) electrons. The molecule has 0 aliphatic carbocycles.